The third-order valence-electron chi connectivity index (χ3n) is 2.53. The average molecular weight is 245 g/mol. The van der Waals surface area contributed by atoms with E-state index < -0.39 is 5.97 Å². The molecule has 1 aromatic carbocycles. The van der Waals surface area contributed by atoms with Crippen LogP contribution >= 0.6 is 0 Å². The molecule has 0 bridgehead atoms. The number of halogens is 1. The van der Waals surface area contributed by atoms with Gasteiger partial charge in [0.1, 0.15) is 5.82 Å². The molecule has 0 unspecified atom stereocenters. The van der Waals surface area contributed by atoms with Crippen molar-refractivity contribution in [3.63, 3.8) is 0 Å². The highest BCUT2D eigenvalue weighted by atomic mass is 19.1. The number of benzene rings is 1. The summed E-state index contributed by atoms with van der Waals surface area (Å²) in [6, 6.07) is 9.89. The van der Waals surface area contributed by atoms with Crippen LogP contribution in [0, 0.1) is 5.82 Å². The van der Waals surface area contributed by atoms with Gasteiger partial charge in [-0.3, -0.25) is 0 Å². The number of aliphatic carboxylic acids is 1. The molecular weight excluding hydrogens is 233 g/mol. The van der Waals surface area contributed by atoms with Crippen molar-refractivity contribution in [3.8, 4) is 0 Å². The minimum atomic E-state index is -0.982. The van der Waals surface area contributed by atoms with Gasteiger partial charge in [0, 0.05) is 24.5 Å². The van der Waals surface area contributed by atoms with Crippen LogP contribution in [-0.2, 0) is 11.3 Å². The Morgan fingerprint density at radius 1 is 1.28 bits per heavy atom. The highest BCUT2D eigenvalue weighted by Crippen LogP contribution is 2.10. The molecule has 1 aromatic heterocycles. The molecule has 92 valence electrons. The first kappa shape index (κ1) is 12.1. The van der Waals surface area contributed by atoms with Gasteiger partial charge in [-0.25, -0.2) is 9.18 Å². The van der Waals surface area contributed by atoms with E-state index >= 15 is 0 Å². The van der Waals surface area contributed by atoms with Gasteiger partial charge in [0.25, 0.3) is 0 Å². The molecule has 0 fully saturated rings. The van der Waals surface area contributed by atoms with Crippen LogP contribution < -0.4 is 0 Å². The maximum absolute atomic E-state index is 12.8. The molecule has 4 heteroatoms. The largest absolute Gasteiger partial charge is 0.478 e. The summed E-state index contributed by atoms with van der Waals surface area (Å²) in [6.07, 6.45) is 4.48. The number of carbonyl (C=O) groups is 1. The first-order valence-electron chi connectivity index (χ1n) is 5.46. The minimum Gasteiger partial charge on any atom is -0.478 e. The molecule has 3 nitrogen and oxygen atoms in total. The van der Waals surface area contributed by atoms with Crippen LogP contribution in [0.25, 0.3) is 6.08 Å². The van der Waals surface area contributed by atoms with Crippen LogP contribution in [0.4, 0.5) is 4.39 Å². The molecule has 0 aliphatic heterocycles. The standard InChI is InChI=1S/C14H12FNO2/c15-12-5-3-11(4-6-12)10-16-9-1-2-13(16)7-8-14(17)18/h1-9H,10H2,(H,17,18)/b8-7+. The summed E-state index contributed by atoms with van der Waals surface area (Å²) in [5.41, 5.74) is 1.75. The number of carboxylic acid groups (broad SMARTS) is 1. The van der Waals surface area contributed by atoms with Crippen LogP contribution in [0.15, 0.2) is 48.7 Å². The first-order chi connectivity index (χ1) is 8.65. The number of nitrogens with zero attached hydrogens (tertiary/aromatic N) is 1. The molecule has 0 aliphatic carbocycles. The van der Waals surface area contributed by atoms with Crippen molar-refractivity contribution in [1.29, 1.82) is 0 Å². The maximum atomic E-state index is 12.8. The lowest BCUT2D eigenvalue weighted by molar-refractivity contribution is -0.131. The summed E-state index contributed by atoms with van der Waals surface area (Å²) in [7, 11) is 0. The number of rotatable bonds is 4. The molecule has 0 spiro atoms. The van der Waals surface area contributed by atoms with Crippen LogP contribution in [0.5, 0.6) is 0 Å². The summed E-state index contributed by atoms with van der Waals surface area (Å²) >= 11 is 0. The quantitative estimate of drug-likeness (QED) is 0.841. The summed E-state index contributed by atoms with van der Waals surface area (Å²) in [5, 5.41) is 8.59. The second-order valence-corrected chi connectivity index (χ2v) is 3.86. The number of carboxylic acids is 1. The van der Waals surface area contributed by atoms with Crippen molar-refractivity contribution in [1.82, 2.24) is 4.57 Å². The Bertz CT molecular complexity index is 570. The van der Waals surface area contributed by atoms with Crippen molar-refractivity contribution >= 4 is 12.0 Å². The van der Waals surface area contributed by atoms with Crippen LogP contribution in [0.3, 0.4) is 0 Å². The lowest BCUT2D eigenvalue weighted by Crippen LogP contribution is -2.00. The van der Waals surface area contributed by atoms with E-state index in [9.17, 15) is 9.18 Å². The van der Waals surface area contributed by atoms with E-state index in [2.05, 4.69) is 0 Å². The molecule has 2 aromatic rings. The van der Waals surface area contributed by atoms with Gasteiger partial charge < -0.3 is 9.67 Å². The van der Waals surface area contributed by atoms with E-state index in [4.69, 9.17) is 5.11 Å². The third kappa shape index (κ3) is 3.07. The number of hydrogen-bond acceptors (Lipinski definition) is 1. The lowest BCUT2D eigenvalue weighted by Gasteiger charge is -2.06. The molecule has 2 rings (SSSR count). The Balaban J connectivity index is 2.17. The second-order valence-electron chi connectivity index (χ2n) is 3.86. The Labute approximate surface area is 104 Å². The van der Waals surface area contributed by atoms with Gasteiger partial charge in [-0.05, 0) is 35.9 Å². The SMILES string of the molecule is O=C(O)/C=C/c1cccn1Cc1ccc(F)cc1. The van der Waals surface area contributed by atoms with E-state index in [1.54, 1.807) is 12.1 Å². The van der Waals surface area contributed by atoms with Gasteiger partial charge >= 0.3 is 5.97 Å². The molecule has 0 radical (unpaired) electrons. The Morgan fingerprint density at radius 3 is 2.67 bits per heavy atom. The van der Waals surface area contributed by atoms with Crippen molar-refractivity contribution < 1.29 is 14.3 Å². The first-order valence-corrected chi connectivity index (χ1v) is 5.46. The van der Waals surface area contributed by atoms with Crippen molar-refractivity contribution in [3.05, 3.63) is 65.7 Å². The molecule has 18 heavy (non-hydrogen) atoms. The van der Waals surface area contributed by atoms with E-state index in [-0.39, 0.29) is 5.82 Å². The third-order valence-corrected chi connectivity index (χ3v) is 2.53. The van der Waals surface area contributed by atoms with Gasteiger partial charge in [-0.15, -0.1) is 0 Å². The van der Waals surface area contributed by atoms with Crippen molar-refractivity contribution in [2.75, 3.05) is 0 Å². The molecule has 0 saturated heterocycles. The zero-order chi connectivity index (χ0) is 13.0. The highest BCUT2D eigenvalue weighted by Gasteiger charge is 2.00. The lowest BCUT2D eigenvalue weighted by atomic mass is 10.2. The predicted octanol–water partition coefficient (Wildman–Crippen LogP) is 2.77. The summed E-state index contributed by atoms with van der Waals surface area (Å²) in [4.78, 5) is 10.5. The molecule has 0 amide bonds. The zero-order valence-corrected chi connectivity index (χ0v) is 9.58. The van der Waals surface area contributed by atoms with Crippen LogP contribution in [-0.4, -0.2) is 15.6 Å². The topological polar surface area (TPSA) is 42.2 Å². The smallest absolute Gasteiger partial charge is 0.328 e. The maximum Gasteiger partial charge on any atom is 0.328 e. The zero-order valence-electron chi connectivity index (χ0n) is 9.58. The second kappa shape index (κ2) is 5.31. The molecule has 1 N–H and O–H groups in total. The Morgan fingerprint density at radius 2 is 2.00 bits per heavy atom. The van der Waals surface area contributed by atoms with Gasteiger partial charge in [0.2, 0.25) is 0 Å². The molecular formula is C14H12FNO2. The Kier molecular flexibility index (Phi) is 3.57. The fraction of sp³-hybridized carbons (Fsp3) is 0.0714. The van der Waals surface area contributed by atoms with Gasteiger partial charge in [0.05, 0.1) is 0 Å². The summed E-state index contributed by atoms with van der Waals surface area (Å²) in [5.74, 6) is -1.25. The van der Waals surface area contributed by atoms with Crippen molar-refractivity contribution in [2.45, 2.75) is 6.54 Å². The van der Waals surface area contributed by atoms with Gasteiger partial charge in [-0.2, -0.15) is 0 Å². The Hall–Kier alpha value is -2.36. The average Bonchev–Trinajstić information content (AvgIpc) is 2.77. The van der Waals surface area contributed by atoms with Gasteiger partial charge in [0.15, 0.2) is 0 Å². The van der Waals surface area contributed by atoms with Crippen LogP contribution in [0.2, 0.25) is 0 Å². The minimum absolute atomic E-state index is 0.266. The molecule has 0 aliphatic rings. The molecule has 0 atom stereocenters. The highest BCUT2D eigenvalue weighted by molar-refractivity contribution is 5.84. The van der Waals surface area contributed by atoms with Gasteiger partial charge in [-0.1, -0.05) is 12.1 Å². The van der Waals surface area contributed by atoms with E-state index in [1.165, 1.54) is 18.2 Å². The summed E-state index contributed by atoms with van der Waals surface area (Å²) in [6.45, 7) is 0.576. The van der Waals surface area contributed by atoms with E-state index in [0.29, 0.717) is 6.54 Å². The molecule has 0 saturated carbocycles. The number of hydrogen-bond donors (Lipinski definition) is 1. The predicted molar refractivity (Wildman–Crippen MR) is 66.6 cm³/mol. The fourth-order valence-corrected chi connectivity index (χ4v) is 1.67. The number of aromatic nitrogens is 1. The fourth-order valence-electron chi connectivity index (χ4n) is 1.67. The monoisotopic (exact) mass is 245 g/mol. The molecule has 1 heterocycles. The summed E-state index contributed by atoms with van der Waals surface area (Å²) < 4.78 is 14.7. The van der Waals surface area contributed by atoms with E-state index in [0.717, 1.165) is 17.3 Å². The van der Waals surface area contributed by atoms with E-state index in [1.807, 2.05) is 22.9 Å². The normalized spacial score (nSPS) is 10.9. The van der Waals surface area contributed by atoms with Crippen molar-refractivity contribution in [2.24, 2.45) is 0 Å². The van der Waals surface area contributed by atoms with Crippen LogP contribution in [0.1, 0.15) is 11.3 Å².